The molecule has 0 unspecified atom stereocenters. The molecule has 1 heterocycles. The molecule has 6 heteroatoms. The van der Waals surface area contributed by atoms with Crippen molar-refractivity contribution in [3.63, 3.8) is 0 Å². The van der Waals surface area contributed by atoms with Gasteiger partial charge in [0.05, 0.1) is 30.2 Å². The zero-order valence-electron chi connectivity index (χ0n) is 21.0. The Hall–Kier alpha value is -4.37. The number of rotatable bonds is 9. The van der Waals surface area contributed by atoms with Crippen molar-refractivity contribution in [2.24, 2.45) is 12.8 Å². The summed E-state index contributed by atoms with van der Waals surface area (Å²) in [6, 6.07) is 22.3. The lowest BCUT2D eigenvalue weighted by atomic mass is 9.97. The maximum Gasteiger partial charge on any atom is 0.249 e. The van der Waals surface area contributed by atoms with Crippen LogP contribution in [0.2, 0.25) is 0 Å². The molecular formula is C30H31N5O. The number of benzene rings is 3. The molecule has 2 N–H and O–H groups in total. The van der Waals surface area contributed by atoms with Crippen molar-refractivity contribution < 1.29 is 4.79 Å². The lowest BCUT2D eigenvalue weighted by Crippen LogP contribution is -2.25. The number of imidazole rings is 1. The maximum atomic E-state index is 11.8. The smallest absolute Gasteiger partial charge is 0.249 e. The van der Waals surface area contributed by atoms with Crippen LogP contribution in [0.15, 0.2) is 73.2 Å². The van der Waals surface area contributed by atoms with Gasteiger partial charge in [-0.25, -0.2) is 4.98 Å². The van der Waals surface area contributed by atoms with E-state index in [0.29, 0.717) is 5.56 Å². The third-order valence-corrected chi connectivity index (χ3v) is 6.61. The van der Waals surface area contributed by atoms with Crippen molar-refractivity contribution in [3.05, 3.63) is 107 Å². The van der Waals surface area contributed by atoms with Gasteiger partial charge in [-0.2, -0.15) is 5.26 Å². The van der Waals surface area contributed by atoms with Gasteiger partial charge in [-0.05, 0) is 72.7 Å². The van der Waals surface area contributed by atoms with Crippen molar-refractivity contribution in [3.8, 4) is 17.2 Å². The minimum atomic E-state index is -0.420. The fourth-order valence-corrected chi connectivity index (χ4v) is 4.61. The van der Waals surface area contributed by atoms with Crippen LogP contribution in [-0.2, 0) is 20.0 Å². The molecule has 4 aromatic rings. The molecule has 0 spiro atoms. The predicted octanol–water partition coefficient (Wildman–Crippen LogP) is 5.31. The summed E-state index contributed by atoms with van der Waals surface area (Å²) in [4.78, 5) is 18.4. The Balaban J connectivity index is 1.49. The van der Waals surface area contributed by atoms with Crippen molar-refractivity contribution in [2.75, 3.05) is 11.4 Å². The van der Waals surface area contributed by atoms with Crippen LogP contribution in [0.5, 0.6) is 0 Å². The van der Waals surface area contributed by atoms with Gasteiger partial charge in [0.1, 0.15) is 0 Å². The second kappa shape index (κ2) is 10.9. The van der Waals surface area contributed by atoms with E-state index in [4.69, 9.17) is 5.73 Å². The molecule has 0 bridgehead atoms. The van der Waals surface area contributed by atoms with Gasteiger partial charge in [0.2, 0.25) is 5.91 Å². The van der Waals surface area contributed by atoms with E-state index in [0.717, 1.165) is 65.1 Å². The van der Waals surface area contributed by atoms with Crippen LogP contribution in [0.4, 0.5) is 5.69 Å². The first kappa shape index (κ1) is 24.7. The molecule has 0 saturated heterocycles. The second-order valence-electron chi connectivity index (χ2n) is 9.19. The Morgan fingerprint density at radius 1 is 1.08 bits per heavy atom. The molecule has 4 rings (SSSR count). The molecule has 0 radical (unpaired) electrons. The van der Waals surface area contributed by atoms with Gasteiger partial charge in [-0.1, -0.05) is 42.5 Å². The van der Waals surface area contributed by atoms with Crippen molar-refractivity contribution >= 4 is 11.6 Å². The average Bonchev–Trinajstić information content (AvgIpc) is 3.27. The Morgan fingerprint density at radius 3 is 2.39 bits per heavy atom. The van der Waals surface area contributed by atoms with Crippen LogP contribution in [0, 0.1) is 25.2 Å². The summed E-state index contributed by atoms with van der Waals surface area (Å²) in [5, 5.41) is 9.48. The van der Waals surface area contributed by atoms with Gasteiger partial charge < -0.3 is 15.2 Å². The number of hydrogen-bond acceptors (Lipinski definition) is 4. The number of nitrogens with zero attached hydrogens (tertiary/aromatic N) is 4. The number of nitrogens with two attached hydrogens (primary N) is 1. The van der Waals surface area contributed by atoms with E-state index in [2.05, 4.69) is 52.4 Å². The summed E-state index contributed by atoms with van der Waals surface area (Å²) >= 11 is 0. The zero-order valence-corrected chi connectivity index (χ0v) is 21.0. The summed E-state index contributed by atoms with van der Waals surface area (Å²) in [7, 11) is 2.01. The number of primary amides is 1. The standard InChI is InChI=1S/C30H31N5O/c1-21-15-25(16-22(2)29(21)17-31)35(19-26-18-33-20-34(26)3)14-6-7-23-10-12-24(13-11-23)27-8-4-5-9-28(27)30(32)36/h4-5,8-13,15-16,18,20H,6-7,14,19H2,1-3H3,(H2,32,36). The van der Waals surface area contributed by atoms with E-state index in [1.165, 1.54) is 5.56 Å². The normalized spacial score (nSPS) is 10.7. The monoisotopic (exact) mass is 477 g/mol. The number of hydrogen-bond donors (Lipinski definition) is 1. The number of aromatic nitrogens is 2. The lowest BCUT2D eigenvalue weighted by Gasteiger charge is -2.26. The van der Waals surface area contributed by atoms with Gasteiger partial charge >= 0.3 is 0 Å². The molecule has 1 aromatic heterocycles. The van der Waals surface area contributed by atoms with Crippen LogP contribution in [-0.4, -0.2) is 22.0 Å². The summed E-state index contributed by atoms with van der Waals surface area (Å²) < 4.78 is 2.04. The minimum absolute atomic E-state index is 0.420. The lowest BCUT2D eigenvalue weighted by molar-refractivity contribution is 0.100. The first-order valence-electron chi connectivity index (χ1n) is 12.1. The topological polar surface area (TPSA) is 87.9 Å². The number of nitriles is 1. The molecule has 6 nitrogen and oxygen atoms in total. The number of amides is 1. The SMILES string of the molecule is Cc1cc(N(CCCc2ccc(-c3ccccc3C(N)=O)cc2)Cc2cncn2C)cc(C)c1C#N. The highest BCUT2D eigenvalue weighted by atomic mass is 16.1. The van der Waals surface area contributed by atoms with Crippen LogP contribution in [0.1, 0.15) is 44.7 Å². The third-order valence-electron chi connectivity index (χ3n) is 6.61. The second-order valence-corrected chi connectivity index (χ2v) is 9.19. The van der Waals surface area contributed by atoms with Crippen LogP contribution in [0.25, 0.3) is 11.1 Å². The van der Waals surface area contributed by atoms with E-state index in [1.807, 2.05) is 56.2 Å². The fraction of sp³-hybridized carbons (Fsp3) is 0.233. The van der Waals surface area contributed by atoms with E-state index in [9.17, 15) is 10.1 Å². The molecule has 1 amide bonds. The van der Waals surface area contributed by atoms with Crippen LogP contribution in [0.3, 0.4) is 0 Å². The van der Waals surface area contributed by atoms with E-state index < -0.39 is 5.91 Å². The third kappa shape index (κ3) is 5.47. The van der Waals surface area contributed by atoms with Gasteiger partial charge in [0, 0.05) is 31.0 Å². The highest BCUT2D eigenvalue weighted by molar-refractivity contribution is 5.99. The highest BCUT2D eigenvalue weighted by Crippen LogP contribution is 2.26. The largest absolute Gasteiger partial charge is 0.366 e. The van der Waals surface area contributed by atoms with E-state index in [-0.39, 0.29) is 0 Å². The molecule has 0 fully saturated rings. The summed E-state index contributed by atoms with van der Waals surface area (Å²) in [6.07, 6.45) is 5.61. The summed E-state index contributed by atoms with van der Waals surface area (Å²) in [5.74, 6) is -0.420. The highest BCUT2D eigenvalue weighted by Gasteiger charge is 2.14. The number of aryl methyl sites for hydroxylation is 4. The van der Waals surface area contributed by atoms with E-state index in [1.54, 1.807) is 6.07 Å². The van der Waals surface area contributed by atoms with E-state index >= 15 is 0 Å². The average molecular weight is 478 g/mol. The van der Waals surface area contributed by atoms with Crippen LogP contribution < -0.4 is 10.6 Å². The number of carbonyl (C=O) groups is 1. The molecule has 0 aliphatic carbocycles. The van der Waals surface area contributed by atoms with Crippen molar-refractivity contribution in [1.29, 1.82) is 5.26 Å². The Bertz CT molecular complexity index is 1390. The molecular weight excluding hydrogens is 446 g/mol. The van der Waals surface area contributed by atoms with Gasteiger partial charge in [-0.3, -0.25) is 4.79 Å². The molecule has 0 aliphatic heterocycles. The summed E-state index contributed by atoms with van der Waals surface area (Å²) in [5.41, 5.74) is 14.1. The van der Waals surface area contributed by atoms with Gasteiger partial charge in [0.15, 0.2) is 0 Å². The minimum Gasteiger partial charge on any atom is -0.366 e. The van der Waals surface area contributed by atoms with Gasteiger partial charge in [-0.15, -0.1) is 0 Å². The predicted molar refractivity (Wildman–Crippen MR) is 144 cm³/mol. The van der Waals surface area contributed by atoms with Crippen molar-refractivity contribution in [1.82, 2.24) is 9.55 Å². The van der Waals surface area contributed by atoms with Crippen molar-refractivity contribution in [2.45, 2.75) is 33.2 Å². The Labute approximate surface area is 212 Å². The Kier molecular flexibility index (Phi) is 7.50. The molecule has 0 saturated carbocycles. The zero-order chi connectivity index (χ0) is 25.7. The molecule has 36 heavy (non-hydrogen) atoms. The Morgan fingerprint density at radius 2 is 1.78 bits per heavy atom. The molecule has 0 aliphatic rings. The number of carbonyl (C=O) groups excluding carboxylic acids is 1. The number of anilines is 1. The van der Waals surface area contributed by atoms with Crippen LogP contribution >= 0.6 is 0 Å². The first-order chi connectivity index (χ1) is 17.4. The molecule has 0 atom stereocenters. The fourth-order valence-electron chi connectivity index (χ4n) is 4.61. The van der Waals surface area contributed by atoms with Gasteiger partial charge in [0.25, 0.3) is 0 Å². The molecule has 3 aromatic carbocycles. The quantitative estimate of drug-likeness (QED) is 0.354. The first-order valence-corrected chi connectivity index (χ1v) is 12.1. The molecule has 182 valence electrons. The maximum absolute atomic E-state index is 11.8. The summed E-state index contributed by atoms with van der Waals surface area (Å²) in [6.45, 7) is 5.59.